The summed E-state index contributed by atoms with van der Waals surface area (Å²) in [6.45, 7) is 1.61. The van der Waals surface area contributed by atoms with Crippen LogP contribution in [0.1, 0.15) is 12.5 Å². The number of ether oxygens (including phenoxy) is 2. The Bertz CT molecular complexity index is 756. The first-order chi connectivity index (χ1) is 11.0. The Labute approximate surface area is 139 Å². The number of nitrogens with zero attached hydrogens (tertiary/aromatic N) is 1. The molecule has 0 radical (unpaired) electrons. The van der Waals surface area contributed by atoms with E-state index in [0.29, 0.717) is 27.8 Å². The molecule has 0 aromatic heterocycles. The molecular formula is C17H15ClN2O3. The highest BCUT2D eigenvalue weighted by Gasteiger charge is 2.18. The van der Waals surface area contributed by atoms with Gasteiger partial charge in [0.2, 0.25) is 0 Å². The maximum absolute atomic E-state index is 12.2. The van der Waals surface area contributed by atoms with Gasteiger partial charge in [-0.3, -0.25) is 4.79 Å². The molecule has 0 saturated carbocycles. The second kappa shape index (κ2) is 7.52. The smallest absolute Gasteiger partial charge is 0.265 e. The minimum absolute atomic E-state index is 0.343. The number of carbonyl (C=O) groups is 1. The molecular weight excluding hydrogens is 316 g/mol. The van der Waals surface area contributed by atoms with Crippen LogP contribution in [0.4, 0.5) is 5.69 Å². The molecule has 2 rings (SSSR count). The molecule has 118 valence electrons. The van der Waals surface area contributed by atoms with Gasteiger partial charge in [0, 0.05) is 6.07 Å². The Hall–Kier alpha value is -2.71. The van der Waals surface area contributed by atoms with Gasteiger partial charge in [0.1, 0.15) is 0 Å². The van der Waals surface area contributed by atoms with Crippen molar-refractivity contribution in [2.75, 3.05) is 12.4 Å². The number of rotatable bonds is 5. The third-order valence-electron chi connectivity index (χ3n) is 3.10. The summed E-state index contributed by atoms with van der Waals surface area (Å²) in [6, 6.07) is 13.7. The lowest BCUT2D eigenvalue weighted by Gasteiger charge is -2.17. The van der Waals surface area contributed by atoms with Gasteiger partial charge in [-0.2, -0.15) is 5.26 Å². The summed E-state index contributed by atoms with van der Waals surface area (Å²) in [5.74, 6) is 0.430. The number of hydrogen-bond acceptors (Lipinski definition) is 4. The second-order valence-corrected chi connectivity index (χ2v) is 5.11. The van der Waals surface area contributed by atoms with Gasteiger partial charge in [0.05, 0.1) is 29.5 Å². The highest BCUT2D eigenvalue weighted by molar-refractivity contribution is 6.33. The summed E-state index contributed by atoms with van der Waals surface area (Å²) in [4.78, 5) is 12.2. The van der Waals surface area contributed by atoms with Crippen LogP contribution in [0.3, 0.4) is 0 Å². The van der Waals surface area contributed by atoms with Crippen LogP contribution in [0.15, 0.2) is 42.5 Å². The summed E-state index contributed by atoms with van der Waals surface area (Å²) < 4.78 is 10.8. The molecule has 0 fully saturated rings. The van der Waals surface area contributed by atoms with E-state index in [1.54, 1.807) is 49.4 Å². The molecule has 1 atom stereocenters. The number of anilines is 1. The van der Waals surface area contributed by atoms with Crippen LogP contribution < -0.4 is 14.8 Å². The van der Waals surface area contributed by atoms with Crippen molar-refractivity contribution >= 4 is 23.2 Å². The van der Waals surface area contributed by atoms with Crippen molar-refractivity contribution in [3.8, 4) is 17.6 Å². The maximum atomic E-state index is 12.2. The molecule has 0 aliphatic carbocycles. The van der Waals surface area contributed by atoms with Crippen molar-refractivity contribution in [2.24, 2.45) is 0 Å². The van der Waals surface area contributed by atoms with E-state index in [2.05, 4.69) is 5.32 Å². The Morgan fingerprint density at radius 3 is 2.65 bits per heavy atom. The molecule has 1 amide bonds. The van der Waals surface area contributed by atoms with Crippen molar-refractivity contribution in [2.45, 2.75) is 13.0 Å². The van der Waals surface area contributed by atoms with Gasteiger partial charge in [-0.15, -0.1) is 0 Å². The van der Waals surface area contributed by atoms with Gasteiger partial charge in [-0.05, 0) is 31.2 Å². The van der Waals surface area contributed by atoms with Gasteiger partial charge in [0.25, 0.3) is 5.91 Å². The standard InChI is InChI=1S/C17H15ClN2O3/c1-11(17(21)20-14-6-4-3-5-13(14)18)23-15-8-7-12(10-19)9-16(15)22-2/h3-9,11H,1-2H3,(H,20,21)/t11-/m1/s1. The third-order valence-corrected chi connectivity index (χ3v) is 3.43. The quantitative estimate of drug-likeness (QED) is 0.908. The fourth-order valence-electron chi connectivity index (χ4n) is 1.88. The Kier molecular flexibility index (Phi) is 5.45. The van der Waals surface area contributed by atoms with Gasteiger partial charge in [0.15, 0.2) is 17.6 Å². The largest absolute Gasteiger partial charge is 0.493 e. The maximum Gasteiger partial charge on any atom is 0.265 e. The first kappa shape index (κ1) is 16.7. The van der Waals surface area contributed by atoms with E-state index in [4.69, 9.17) is 26.3 Å². The van der Waals surface area contributed by atoms with E-state index in [1.165, 1.54) is 7.11 Å². The predicted octanol–water partition coefficient (Wildman–Crippen LogP) is 3.63. The van der Waals surface area contributed by atoms with E-state index in [1.807, 2.05) is 6.07 Å². The molecule has 0 aliphatic heterocycles. The lowest BCUT2D eigenvalue weighted by atomic mass is 10.2. The number of nitrogens with one attached hydrogen (secondary N) is 1. The molecule has 0 heterocycles. The minimum Gasteiger partial charge on any atom is -0.493 e. The number of benzene rings is 2. The summed E-state index contributed by atoms with van der Waals surface area (Å²) in [5.41, 5.74) is 0.962. The normalized spacial score (nSPS) is 11.2. The Morgan fingerprint density at radius 1 is 1.26 bits per heavy atom. The number of carbonyl (C=O) groups excluding carboxylic acids is 1. The fraction of sp³-hybridized carbons (Fsp3) is 0.176. The van der Waals surface area contributed by atoms with E-state index in [9.17, 15) is 4.79 Å². The number of methoxy groups -OCH3 is 1. The van der Waals surface area contributed by atoms with Gasteiger partial charge >= 0.3 is 0 Å². The lowest BCUT2D eigenvalue weighted by molar-refractivity contribution is -0.122. The van der Waals surface area contributed by atoms with Gasteiger partial charge < -0.3 is 14.8 Å². The average molecular weight is 331 g/mol. The van der Waals surface area contributed by atoms with Gasteiger partial charge in [-0.1, -0.05) is 23.7 Å². The molecule has 6 heteroatoms. The topological polar surface area (TPSA) is 71.3 Å². The number of nitriles is 1. The van der Waals surface area contributed by atoms with Crippen molar-refractivity contribution in [1.82, 2.24) is 0 Å². The highest BCUT2D eigenvalue weighted by atomic mass is 35.5. The highest BCUT2D eigenvalue weighted by Crippen LogP contribution is 2.29. The molecule has 0 aliphatic rings. The lowest BCUT2D eigenvalue weighted by Crippen LogP contribution is -2.30. The summed E-state index contributed by atoms with van der Waals surface area (Å²) >= 11 is 6.01. The SMILES string of the molecule is COc1cc(C#N)ccc1O[C@H](C)C(=O)Nc1ccccc1Cl. The van der Waals surface area contributed by atoms with Crippen molar-refractivity contribution in [3.63, 3.8) is 0 Å². The van der Waals surface area contributed by atoms with Crippen LogP contribution in [0, 0.1) is 11.3 Å². The van der Waals surface area contributed by atoms with E-state index in [-0.39, 0.29) is 5.91 Å². The molecule has 0 saturated heterocycles. The third kappa shape index (κ3) is 4.15. The zero-order chi connectivity index (χ0) is 16.8. The van der Waals surface area contributed by atoms with Crippen LogP contribution in [0.5, 0.6) is 11.5 Å². The fourth-order valence-corrected chi connectivity index (χ4v) is 2.06. The average Bonchev–Trinajstić information content (AvgIpc) is 2.57. The Balaban J connectivity index is 2.10. The molecule has 0 spiro atoms. The molecule has 23 heavy (non-hydrogen) atoms. The molecule has 2 aromatic carbocycles. The first-order valence-electron chi connectivity index (χ1n) is 6.85. The van der Waals surface area contributed by atoms with Crippen LogP contribution >= 0.6 is 11.6 Å². The van der Waals surface area contributed by atoms with Crippen molar-refractivity contribution in [3.05, 3.63) is 53.1 Å². The minimum atomic E-state index is -0.770. The zero-order valence-corrected chi connectivity index (χ0v) is 13.4. The van der Waals surface area contributed by atoms with Crippen molar-refractivity contribution < 1.29 is 14.3 Å². The van der Waals surface area contributed by atoms with E-state index < -0.39 is 6.10 Å². The molecule has 2 aromatic rings. The predicted molar refractivity (Wildman–Crippen MR) is 87.9 cm³/mol. The summed E-state index contributed by atoms with van der Waals surface area (Å²) in [6.07, 6.45) is -0.770. The molecule has 5 nitrogen and oxygen atoms in total. The van der Waals surface area contributed by atoms with Crippen molar-refractivity contribution in [1.29, 1.82) is 5.26 Å². The summed E-state index contributed by atoms with van der Waals surface area (Å²) in [5, 5.41) is 12.0. The number of halogens is 1. The van der Waals surface area contributed by atoms with Crippen LogP contribution in [-0.4, -0.2) is 19.1 Å². The monoisotopic (exact) mass is 330 g/mol. The zero-order valence-electron chi connectivity index (χ0n) is 12.7. The number of amides is 1. The van der Waals surface area contributed by atoms with Crippen LogP contribution in [0.2, 0.25) is 5.02 Å². The van der Waals surface area contributed by atoms with Crippen LogP contribution in [-0.2, 0) is 4.79 Å². The summed E-state index contributed by atoms with van der Waals surface area (Å²) in [7, 11) is 1.47. The second-order valence-electron chi connectivity index (χ2n) is 4.71. The number of para-hydroxylation sites is 1. The van der Waals surface area contributed by atoms with Crippen LogP contribution in [0.25, 0.3) is 0 Å². The van der Waals surface area contributed by atoms with E-state index >= 15 is 0 Å². The molecule has 0 unspecified atom stereocenters. The molecule has 0 bridgehead atoms. The Morgan fingerprint density at radius 2 is 2.00 bits per heavy atom. The van der Waals surface area contributed by atoms with E-state index in [0.717, 1.165) is 0 Å². The molecule has 1 N–H and O–H groups in total. The first-order valence-corrected chi connectivity index (χ1v) is 7.23. The van der Waals surface area contributed by atoms with Gasteiger partial charge in [-0.25, -0.2) is 0 Å². The number of hydrogen-bond donors (Lipinski definition) is 1.